The van der Waals surface area contributed by atoms with Gasteiger partial charge in [-0.15, -0.1) is 0 Å². The first kappa shape index (κ1) is 16.8. The van der Waals surface area contributed by atoms with Gasteiger partial charge in [0, 0.05) is 37.6 Å². The molecule has 1 N–H and O–H groups in total. The lowest BCUT2D eigenvalue weighted by Gasteiger charge is -2.20. The number of nitrogens with one attached hydrogen (secondary N) is 1. The molecular formula is C19H24N6O. The molecule has 3 heterocycles. The van der Waals surface area contributed by atoms with E-state index in [1.54, 1.807) is 11.6 Å². The number of unbranched alkanes of at least 4 members (excludes halogenated alkanes) is 1. The molecule has 0 atom stereocenters. The summed E-state index contributed by atoms with van der Waals surface area (Å²) in [5.41, 5.74) is 4.62. The Balaban J connectivity index is 1.64. The Kier molecular flexibility index (Phi) is 4.71. The summed E-state index contributed by atoms with van der Waals surface area (Å²) in [5.74, 6) is 1.39. The molecule has 1 aliphatic heterocycles. The molecular weight excluding hydrogens is 328 g/mol. The van der Waals surface area contributed by atoms with Gasteiger partial charge in [0.2, 0.25) is 0 Å². The molecule has 4 rings (SSSR count). The molecule has 0 aliphatic carbocycles. The van der Waals surface area contributed by atoms with Crippen molar-refractivity contribution >= 4 is 23.0 Å². The monoisotopic (exact) mass is 352 g/mol. The van der Waals surface area contributed by atoms with Crippen LogP contribution >= 0.6 is 0 Å². The molecule has 0 amide bonds. The average molecular weight is 352 g/mol. The predicted molar refractivity (Wildman–Crippen MR) is 102 cm³/mol. The number of hydrogen-bond donors (Lipinski definition) is 1. The highest BCUT2D eigenvalue weighted by molar-refractivity contribution is 5.69. The number of aromatic nitrogens is 4. The molecule has 0 saturated carbocycles. The number of hydrogen-bond acceptors (Lipinski definition) is 6. The number of benzene rings is 1. The zero-order valence-electron chi connectivity index (χ0n) is 15.3. The van der Waals surface area contributed by atoms with Crippen LogP contribution in [0.2, 0.25) is 0 Å². The Labute approximate surface area is 153 Å². The molecule has 0 saturated heterocycles. The van der Waals surface area contributed by atoms with E-state index in [1.807, 2.05) is 6.07 Å². The minimum Gasteiger partial charge on any atom is -0.378 e. The van der Waals surface area contributed by atoms with Crippen LogP contribution in [0, 0.1) is 0 Å². The van der Waals surface area contributed by atoms with Crippen molar-refractivity contribution in [1.82, 2.24) is 19.6 Å². The van der Waals surface area contributed by atoms with Gasteiger partial charge >= 0.3 is 0 Å². The van der Waals surface area contributed by atoms with E-state index in [0.29, 0.717) is 12.4 Å². The molecule has 2 aromatic heterocycles. The minimum atomic E-state index is 0.438. The van der Waals surface area contributed by atoms with Crippen molar-refractivity contribution in [1.29, 1.82) is 0 Å². The van der Waals surface area contributed by atoms with Gasteiger partial charge in [0.1, 0.15) is 12.1 Å². The van der Waals surface area contributed by atoms with Crippen molar-refractivity contribution in [2.45, 2.75) is 32.8 Å². The lowest BCUT2D eigenvalue weighted by atomic mass is 10.1. The molecule has 0 spiro atoms. The van der Waals surface area contributed by atoms with E-state index in [0.717, 1.165) is 36.7 Å². The summed E-state index contributed by atoms with van der Waals surface area (Å²) in [4.78, 5) is 11.1. The standard InChI is InChI=1S/C19H24N6O/c1-3-4-8-24-9-7-14-5-6-15(10-17(14)24)22-18-11-16(12-26-2)23-19-20-13-21-25(18)19/h5-6,10-11,13,22H,3-4,7-9,12H2,1-2H3. The fourth-order valence-electron chi connectivity index (χ4n) is 3.42. The topological polar surface area (TPSA) is 67.6 Å². The average Bonchev–Trinajstić information content (AvgIpc) is 3.27. The first-order chi connectivity index (χ1) is 12.8. The number of methoxy groups -OCH3 is 1. The van der Waals surface area contributed by atoms with Crippen LogP contribution in [0.1, 0.15) is 31.0 Å². The third kappa shape index (κ3) is 3.22. The maximum atomic E-state index is 5.22. The lowest BCUT2D eigenvalue weighted by Crippen LogP contribution is -2.21. The van der Waals surface area contributed by atoms with E-state index < -0.39 is 0 Å². The van der Waals surface area contributed by atoms with Gasteiger partial charge in [-0.2, -0.15) is 14.6 Å². The quantitative estimate of drug-likeness (QED) is 0.704. The maximum absolute atomic E-state index is 5.22. The van der Waals surface area contributed by atoms with E-state index in [1.165, 1.54) is 30.4 Å². The zero-order chi connectivity index (χ0) is 17.9. The van der Waals surface area contributed by atoms with Gasteiger partial charge in [-0.3, -0.25) is 0 Å². The van der Waals surface area contributed by atoms with Crippen LogP contribution in [0.15, 0.2) is 30.6 Å². The maximum Gasteiger partial charge on any atom is 0.254 e. The largest absolute Gasteiger partial charge is 0.378 e. The van der Waals surface area contributed by atoms with Crippen LogP contribution < -0.4 is 10.2 Å². The van der Waals surface area contributed by atoms with Crippen molar-refractivity contribution < 1.29 is 4.74 Å². The van der Waals surface area contributed by atoms with Gasteiger partial charge in [-0.1, -0.05) is 19.4 Å². The molecule has 0 fully saturated rings. The molecule has 3 aromatic rings. The minimum absolute atomic E-state index is 0.438. The SMILES string of the molecule is CCCCN1CCc2ccc(Nc3cc(COC)nc4ncnn34)cc21. The first-order valence-corrected chi connectivity index (χ1v) is 9.12. The number of anilines is 3. The Hall–Kier alpha value is -2.67. The van der Waals surface area contributed by atoms with Gasteiger partial charge < -0.3 is 15.0 Å². The van der Waals surface area contributed by atoms with Gasteiger partial charge in [0.15, 0.2) is 0 Å². The highest BCUT2D eigenvalue weighted by Crippen LogP contribution is 2.32. The summed E-state index contributed by atoms with van der Waals surface area (Å²) in [6.07, 6.45) is 5.08. The summed E-state index contributed by atoms with van der Waals surface area (Å²) in [5, 5.41) is 7.75. The van der Waals surface area contributed by atoms with Crippen LogP contribution in [-0.2, 0) is 17.8 Å². The van der Waals surface area contributed by atoms with Crippen molar-refractivity contribution in [3.63, 3.8) is 0 Å². The molecule has 26 heavy (non-hydrogen) atoms. The van der Waals surface area contributed by atoms with Crippen LogP contribution in [0.4, 0.5) is 17.2 Å². The summed E-state index contributed by atoms with van der Waals surface area (Å²) < 4.78 is 6.93. The van der Waals surface area contributed by atoms with Crippen molar-refractivity contribution in [3.05, 3.63) is 41.9 Å². The Morgan fingerprint density at radius 1 is 1.27 bits per heavy atom. The molecule has 1 aliphatic rings. The normalized spacial score (nSPS) is 13.4. The van der Waals surface area contributed by atoms with Gasteiger partial charge in [-0.05, 0) is 30.5 Å². The molecule has 136 valence electrons. The van der Waals surface area contributed by atoms with E-state index in [2.05, 4.69) is 50.4 Å². The molecule has 0 unspecified atom stereocenters. The Morgan fingerprint density at radius 3 is 3.04 bits per heavy atom. The van der Waals surface area contributed by atoms with Crippen molar-refractivity contribution in [3.8, 4) is 0 Å². The highest BCUT2D eigenvalue weighted by Gasteiger charge is 2.19. The van der Waals surface area contributed by atoms with Gasteiger partial charge in [0.05, 0.1) is 12.3 Å². The lowest BCUT2D eigenvalue weighted by molar-refractivity contribution is 0.181. The molecule has 7 heteroatoms. The van der Waals surface area contributed by atoms with E-state index >= 15 is 0 Å². The highest BCUT2D eigenvalue weighted by atomic mass is 16.5. The second kappa shape index (κ2) is 7.29. The Morgan fingerprint density at radius 2 is 2.19 bits per heavy atom. The number of ether oxygens (including phenoxy) is 1. The van der Waals surface area contributed by atoms with E-state index in [-0.39, 0.29) is 0 Å². The van der Waals surface area contributed by atoms with Crippen LogP contribution in [0.25, 0.3) is 5.78 Å². The number of fused-ring (bicyclic) bond motifs is 2. The smallest absolute Gasteiger partial charge is 0.254 e. The third-order valence-electron chi connectivity index (χ3n) is 4.73. The first-order valence-electron chi connectivity index (χ1n) is 9.12. The fourth-order valence-corrected chi connectivity index (χ4v) is 3.42. The second-order valence-electron chi connectivity index (χ2n) is 6.60. The summed E-state index contributed by atoms with van der Waals surface area (Å²) in [6.45, 7) is 4.90. The predicted octanol–water partition coefficient (Wildman–Crippen LogP) is 3.18. The molecule has 7 nitrogen and oxygen atoms in total. The van der Waals surface area contributed by atoms with Crippen LogP contribution in [0.5, 0.6) is 0 Å². The zero-order valence-corrected chi connectivity index (χ0v) is 15.3. The van der Waals surface area contributed by atoms with E-state index in [9.17, 15) is 0 Å². The molecule has 1 aromatic carbocycles. The van der Waals surface area contributed by atoms with Gasteiger partial charge in [0.25, 0.3) is 5.78 Å². The van der Waals surface area contributed by atoms with Crippen molar-refractivity contribution in [2.75, 3.05) is 30.4 Å². The fraction of sp³-hybridized carbons (Fsp3) is 0.421. The van der Waals surface area contributed by atoms with Crippen molar-refractivity contribution in [2.24, 2.45) is 0 Å². The molecule has 0 radical (unpaired) electrons. The Bertz CT molecular complexity index is 906. The second-order valence-corrected chi connectivity index (χ2v) is 6.60. The molecule has 0 bridgehead atoms. The van der Waals surface area contributed by atoms with Gasteiger partial charge in [-0.25, -0.2) is 4.98 Å². The summed E-state index contributed by atoms with van der Waals surface area (Å²) in [6, 6.07) is 8.53. The summed E-state index contributed by atoms with van der Waals surface area (Å²) in [7, 11) is 1.66. The number of rotatable bonds is 7. The summed E-state index contributed by atoms with van der Waals surface area (Å²) >= 11 is 0. The number of nitrogens with zero attached hydrogens (tertiary/aromatic N) is 5. The third-order valence-corrected chi connectivity index (χ3v) is 4.73. The van der Waals surface area contributed by atoms with Crippen LogP contribution in [0.3, 0.4) is 0 Å². The van der Waals surface area contributed by atoms with Crippen LogP contribution in [-0.4, -0.2) is 39.8 Å². The van der Waals surface area contributed by atoms with E-state index in [4.69, 9.17) is 4.74 Å².